The maximum atomic E-state index is 12.2. The molecule has 0 heterocycles. The molecular formula is C21H35NO2. The first-order valence-electron chi connectivity index (χ1n) is 10.2. The van der Waals surface area contributed by atoms with Crippen molar-refractivity contribution in [1.82, 2.24) is 0 Å². The van der Waals surface area contributed by atoms with Crippen molar-refractivity contribution in [2.75, 3.05) is 0 Å². The molecule has 3 heteroatoms. The Morgan fingerprint density at radius 2 is 1.75 bits per heavy atom. The van der Waals surface area contributed by atoms with Crippen molar-refractivity contribution in [1.29, 1.82) is 0 Å². The van der Waals surface area contributed by atoms with Gasteiger partial charge in [-0.2, -0.15) is 0 Å². The molecule has 0 saturated heterocycles. The van der Waals surface area contributed by atoms with Gasteiger partial charge in [0.15, 0.2) is 0 Å². The summed E-state index contributed by atoms with van der Waals surface area (Å²) in [6.07, 6.45) is 9.81. The van der Waals surface area contributed by atoms with Gasteiger partial charge in [-0.05, 0) is 87.9 Å². The molecule has 0 amide bonds. The van der Waals surface area contributed by atoms with E-state index in [-0.39, 0.29) is 17.1 Å². The smallest absolute Gasteiger partial charge is 0.133 e. The second-order valence-electron chi connectivity index (χ2n) is 10.1. The highest BCUT2D eigenvalue weighted by molar-refractivity contribution is 5.80. The number of hydrogen-bond donors (Lipinski definition) is 2. The number of hydrogen-bond acceptors (Lipinski definition) is 3. The summed E-state index contributed by atoms with van der Waals surface area (Å²) in [4.78, 5) is 12.2. The second kappa shape index (κ2) is 5.30. The molecule has 4 fully saturated rings. The monoisotopic (exact) mass is 333 g/mol. The van der Waals surface area contributed by atoms with E-state index in [4.69, 9.17) is 5.73 Å². The first-order chi connectivity index (χ1) is 11.2. The van der Waals surface area contributed by atoms with Gasteiger partial charge in [0.2, 0.25) is 0 Å². The van der Waals surface area contributed by atoms with Gasteiger partial charge < -0.3 is 10.8 Å². The Kier molecular flexibility index (Phi) is 3.76. The Morgan fingerprint density at radius 1 is 1.00 bits per heavy atom. The lowest BCUT2D eigenvalue weighted by atomic mass is 9.43. The van der Waals surface area contributed by atoms with Crippen molar-refractivity contribution in [3.8, 4) is 0 Å². The second-order valence-corrected chi connectivity index (χ2v) is 10.1. The molecule has 4 aliphatic carbocycles. The van der Waals surface area contributed by atoms with Crippen LogP contribution < -0.4 is 5.73 Å². The Bertz CT molecular complexity index is 548. The van der Waals surface area contributed by atoms with Gasteiger partial charge in [-0.1, -0.05) is 13.8 Å². The predicted octanol–water partition coefficient (Wildman–Crippen LogP) is 3.68. The lowest BCUT2D eigenvalue weighted by Crippen LogP contribution is -2.62. The van der Waals surface area contributed by atoms with Gasteiger partial charge in [0, 0.05) is 17.4 Å². The van der Waals surface area contributed by atoms with Gasteiger partial charge >= 0.3 is 0 Å². The fourth-order valence-electron chi connectivity index (χ4n) is 7.91. The molecular weight excluding hydrogens is 298 g/mol. The van der Waals surface area contributed by atoms with Gasteiger partial charge in [-0.3, -0.25) is 4.79 Å². The third kappa shape index (κ3) is 2.00. The number of nitrogens with two attached hydrogens (primary N) is 1. The molecule has 0 aromatic carbocycles. The Balaban J connectivity index is 1.68. The zero-order chi connectivity index (χ0) is 17.3. The van der Waals surface area contributed by atoms with Gasteiger partial charge in [-0.15, -0.1) is 0 Å². The summed E-state index contributed by atoms with van der Waals surface area (Å²) in [5, 5.41) is 11.9. The lowest BCUT2D eigenvalue weighted by molar-refractivity contribution is -0.206. The Morgan fingerprint density at radius 3 is 2.46 bits per heavy atom. The summed E-state index contributed by atoms with van der Waals surface area (Å²) >= 11 is 0. The first kappa shape index (κ1) is 17.0. The molecule has 0 aliphatic heterocycles. The highest BCUT2D eigenvalue weighted by atomic mass is 16.3. The van der Waals surface area contributed by atoms with Crippen LogP contribution in [0.4, 0.5) is 0 Å². The quantitative estimate of drug-likeness (QED) is 0.769. The first-order valence-corrected chi connectivity index (χ1v) is 10.2. The molecule has 8 atom stereocenters. The van der Waals surface area contributed by atoms with Crippen molar-refractivity contribution in [3.63, 3.8) is 0 Å². The standard InChI is InChI=1S/C21H35NO2/c1-13(23)16-8-11-21(24)18-5-4-14-12-15(22)6-9-19(14,2)17(18)7-10-20(16,21)3/h14-18,24H,4-12,22H2,1-3H3/t14?,15-,16?,17+,18-,19+,20-,21+/m1/s1. The van der Waals surface area contributed by atoms with Crippen LogP contribution in [0.3, 0.4) is 0 Å². The molecule has 136 valence electrons. The molecule has 0 spiro atoms. The molecule has 4 rings (SSSR count). The highest BCUT2D eigenvalue weighted by Crippen LogP contribution is 2.68. The van der Waals surface area contributed by atoms with Crippen LogP contribution in [0.1, 0.15) is 78.6 Å². The van der Waals surface area contributed by atoms with Gasteiger partial charge in [0.25, 0.3) is 0 Å². The van der Waals surface area contributed by atoms with Gasteiger partial charge in [0.1, 0.15) is 5.78 Å². The summed E-state index contributed by atoms with van der Waals surface area (Å²) in [5.41, 5.74) is 5.79. The van der Waals surface area contributed by atoms with E-state index in [1.165, 1.54) is 25.7 Å². The number of Topliss-reactive ketones (excluding diaryl/α,β-unsaturated/α-hetero) is 1. The van der Waals surface area contributed by atoms with E-state index in [9.17, 15) is 9.90 Å². The lowest BCUT2D eigenvalue weighted by Gasteiger charge is -2.63. The summed E-state index contributed by atoms with van der Waals surface area (Å²) in [6, 6.07) is 0.380. The van der Waals surface area contributed by atoms with Crippen molar-refractivity contribution in [2.45, 2.75) is 90.2 Å². The number of rotatable bonds is 1. The number of aliphatic hydroxyl groups is 1. The minimum atomic E-state index is -0.625. The number of fused-ring (bicyclic) bond motifs is 5. The molecule has 2 unspecified atom stereocenters. The van der Waals surface area contributed by atoms with Crippen LogP contribution in [0.25, 0.3) is 0 Å². The Hall–Kier alpha value is -0.410. The third-order valence-electron chi connectivity index (χ3n) is 9.38. The summed E-state index contributed by atoms with van der Waals surface area (Å²) < 4.78 is 0. The number of carbonyl (C=O) groups excluding carboxylic acids is 1. The van der Waals surface area contributed by atoms with Crippen LogP contribution in [0.15, 0.2) is 0 Å². The average Bonchev–Trinajstić information content (AvgIpc) is 2.80. The largest absolute Gasteiger partial charge is 0.389 e. The predicted molar refractivity (Wildman–Crippen MR) is 95.3 cm³/mol. The van der Waals surface area contributed by atoms with E-state index < -0.39 is 5.60 Å². The fraction of sp³-hybridized carbons (Fsp3) is 0.952. The fourth-order valence-corrected chi connectivity index (χ4v) is 7.91. The minimum Gasteiger partial charge on any atom is -0.389 e. The topological polar surface area (TPSA) is 63.3 Å². The van der Waals surface area contributed by atoms with E-state index in [2.05, 4.69) is 13.8 Å². The molecule has 0 aromatic rings. The van der Waals surface area contributed by atoms with E-state index in [1.54, 1.807) is 6.92 Å². The van der Waals surface area contributed by atoms with Crippen LogP contribution in [-0.2, 0) is 4.79 Å². The zero-order valence-electron chi connectivity index (χ0n) is 15.7. The molecule has 4 saturated carbocycles. The van der Waals surface area contributed by atoms with Crippen LogP contribution in [0.5, 0.6) is 0 Å². The maximum Gasteiger partial charge on any atom is 0.133 e. The van der Waals surface area contributed by atoms with Crippen molar-refractivity contribution in [3.05, 3.63) is 0 Å². The van der Waals surface area contributed by atoms with E-state index >= 15 is 0 Å². The summed E-state index contributed by atoms with van der Waals surface area (Å²) in [5.74, 6) is 2.09. The van der Waals surface area contributed by atoms with E-state index in [0.717, 1.165) is 38.0 Å². The molecule has 3 nitrogen and oxygen atoms in total. The maximum absolute atomic E-state index is 12.2. The SMILES string of the molecule is CC(=O)C1CC[C@]2(O)[C@@H]3CCC4C[C@H](N)CC[C@]4(C)[C@H]3CC[C@]12C. The van der Waals surface area contributed by atoms with E-state index in [1.807, 2.05) is 0 Å². The molecule has 0 aromatic heterocycles. The molecule has 3 N–H and O–H groups in total. The normalized spacial score (nSPS) is 57.0. The Labute approximate surface area is 146 Å². The molecule has 0 bridgehead atoms. The van der Waals surface area contributed by atoms with Crippen molar-refractivity contribution >= 4 is 5.78 Å². The zero-order valence-corrected chi connectivity index (χ0v) is 15.7. The highest BCUT2D eigenvalue weighted by Gasteiger charge is 2.67. The average molecular weight is 334 g/mol. The number of ketones is 1. The van der Waals surface area contributed by atoms with Crippen LogP contribution >= 0.6 is 0 Å². The summed E-state index contributed by atoms with van der Waals surface area (Å²) in [7, 11) is 0. The van der Waals surface area contributed by atoms with Crippen molar-refractivity contribution < 1.29 is 9.90 Å². The molecule has 0 radical (unpaired) electrons. The van der Waals surface area contributed by atoms with E-state index in [0.29, 0.717) is 23.3 Å². The molecule has 24 heavy (non-hydrogen) atoms. The van der Waals surface area contributed by atoms with Crippen molar-refractivity contribution in [2.24, 2.45) is 40.2 Å². The van der Waals surface area contributed by atoms with Crippen LogP contribution in [0, 0.1) is 34.5 Å². The summed E-state index contributed by atoms with van der Waals surface area (Å²) in [6.45, 7) is 6.44. The minimum absolute atomic E-state index is 0.0637. The van der Waals surface area contributed by atoms with Gasteiger partial charge in [-0.25, -0.2) is 0 Å². The van der Waals surface area contributed by atoms with Gasteiger partial charge in [0.05, 0.1) is 5.60 Å². The molecule has 4 aliphatic rings. The number of carbonyl (C=O) groups is 1. The van der Waals surface area contributed by atoms with Crippen LogP contribution in [0.2, 0.25) is 0 Å². The third-order valence-corrected chi connectivity index (χ3v) is 9.38. The van der Waals surface area contributed by atoms with Crippen LogP contribution in [-0.4, -0.2) is 22.5 Å².